The van der Waals surface area contributed by atoms with Gasteiger partial charge >= 0.3 is 5.69 Å². The molecule has 0 atom stereocenters. The number of ether oxygens (including phenoxy) is 1. The lowest BCUT2D eigenvalue weighted by molar-refractivity contribution is 0.186. The van der Waals surface area contributed by atoms with Gasteiger partial charge in [-0.15, -0.1) is 17.9 Å². The maximum Gasteiger partial charge on any atom is 0.332 e. The van der Waals surface area contributed by atoms with E-state index in [0.717, 1.165) is 5.56 Å². The molecule has 2 heterocycles. The van der Waals surface area contributed by atoms with Crippen LogP contribution in [0.5, 0.6) is 0 Å². The minimum Gasteiger partial charge on any atom is -0.391 e. The number of aryl methyl sites for hydroxylation is 1. The zero-order valence-corrected chi connectivity index (χ0v) is 13.6. The fourth-order valence-electron chi connectivity index (χ4n) is 2.39. The van der Waals surface area contributed by atoms with Gasteiger partial charge in [0.2, 0.25) is 0 Å². The van der Waals surface area contributed by atoms with E-state index in [1.54, 1.807) is 24.7 Å². The predicted octanol–water partition coefficient (Wildman–Crippen LogP) is 1.25. The second kappa shape index (κ2) is 7.04. The first-order valence-electron chi connectivity index (χ1n) is 7.03. The number of fused-ring (bicyclic) bond motifs is 1. The minimum atomic E-state index is -0.345. The molecule has 0 bridgehead atoms. The lowest BCUT2D eigenvalue weighted by Crippen LogP contribution is -2.40. The Morgan fingerprint density at radius 3 is 2.64 bits per heavy atom. The summed E-state index contributed by atoms with van der Waals surface area (Å²) < 4.78 is 7.85. The van der Waals surface area contributed by atoms with Crippen LogP contribution in [0, 0.1) is 6.92 Å². The highest BCUT2D eigenvalue weighted by molar-refractivity contribution is 7.18. The van der Waals surface area contributed by atoms with E-state index in [0.29, 0.717) is 41.2 Å². The van der Waals surface area contributed by atoms with Crippen LogP contribution in [0.1, 0.15) is 16.9 Å². The fourth-order valence-corrected chi connectivity index (χ4v) is 3.56. The molecule has 0 saturated heterocycles. The molecule has 2 rings (SSSR count). The standard InChI is InChI=1S/C15H20N2O4S/c1-4-5-6-16-13(19)12-10(2)11(9-18)22-14(12)17(15(16)20)7-8-21-3/h4,18H,1,5-9H2,2-3H3. The van der Waals surface area contributed by atoms with Crippen LogP contribution < -0.4 is 11.2 Å². The highest BCUT2D eigenvalue weighted by atomic mass is 32.1. The molecule has 120 valence electrons. The summed E-state index contributed by atoms with van der Waals surface area (Å²) in [6.45, 7) is 6.33. The van der Waals surface area contributed by atoms with Gasteiger partial charge in [-0.25, -0.2) is 4.79 Å². The number of aromatic nitrogens is 2. The van der Waals surface area contributed by atoms with E-state index >= 15 is 0 Å². The van der Waals surface area contributed by atoms with E-state index in [1.165, 1.54) is 15.9 Å². The minimum absolute atomic E-state index is 0.143. The third kappa shape index (κ3) is 2.79. The van der Waals surface area contributed by atoms with Crippen molar-refractivity contribution < 1.29 is 9.84 Å². The first kappa shape index (κ1) is 16.7. The number of rotatable bonds is 7. The monoisotopic (exact) mass is 324 g/mol. The number of nitrogens with zero attached hydrogens (tertiary/aromatic N) is 2. The van der Waals surface area contributed by atoms with Crippen molar-refractivity contribution >= 4 is 21.6 Å². The number of thiophene rings is 1. The molecule has 0 saturated carbocycles. The average Bonchev–Trinajstić information content (AvgIpc) is 2.84. The number of aliphatic hydroxyl groups excluding tert-OH is 1. The second-order valence-electron chi connectivity index (χ2n) is 4.95. The first-order valence-corrected chi connectivity index (χ1v) is 7.84. The molecular weight excluding hydrogens is 304 g/mol. The number of methoxy groups -OCH3 is 1. The Morgan fingerprint density at radius 2 is 2.05 bits per heavy atom. The van der Waals surface area contributed by atoms with Gasteiger partial charge in [0.25, 0.3) is 5.56 Å². The van der Waals surface area contributed by atoms with Crippen molar-refractivity contribution in [2.24, 2.45) is 0 Å². The zero-order chi connectivity index (χ0) is 16.3. The molecule has 0 amide bonds. The van der Waals surface area contributed by atoms with Gasteiger partial charge in [0.1, 0.15) is 4.83 Å². The van der Waals surface area contributed by atoms with Gasteiger partial charge in [0.05, 0.1) is 25.1 Å². The largest absolute Gasteiger partial charge is 0.391 e. The number of hydrogen-bond acceptors (Lipinski definition) is 5. The Morgan fingerprint density at radius 1 is 1.32 bits per heavy atom. The maximum atomic E-state index is 12.6. The van der Waals surface area contributed by atoms with Crippen molar-refractivity contribution in [3.8, 4) is 0 Å². The molecule has 0 fully saturated rings. The molecular formula is C15H20N2O4S. The van der Waals surface area contributed by atoms with Crippen LogP contribution in [0.2, 0.25) is 0 Å². The molecule has 0 aliphatic rings. The lowest BCUT2D eigenvalue weighted by atomic mass is 10.2. The Kier molecular flexibility index (Phi) is 5.33. The van der Waals surface area contributed by atoms with Crippen LogP contribution in [0.3, 0.4) is 0 Å². The summed E-state index contributed by atoms with van der Waals surface area (Å²) >= 11 is 1.29. The van der Waals surface area contributed by atoms with Gasteiger partial charge in [-0.3, -0.25) is 13.9 Å². The van der Waals surface area contributed by atoms with Crippen molar-refractivity contribution in [1.82, 2.24) is 9.13 Å². The summed E-state index contributed by atoms with van der Waals surface area (Å²) in [6, 6.07) is 0. The summed E-state index contributed by atoms with van der Waals surface area (Å²) in [4.78, 5) is 26.6. The van der Waals surface area contributed by atoms with Crippen LogP contribution >= 0.6 is 11.3 Å². The van der Waals surface area contributed by atoms with Crippen molar-refractivity contribution in [2.75, 3.05) is 13.7 Å². The van der Waals surface area contributed by atoms with Crippen molar-refractivity contribution in [3.63, 3.8) is 0 Å². The third-order valence-electron chi connectivity index (χ3n) is 3.61. The molecule has 0 radical (unpaired) electrons. The molecule has 2 aromatic heterocycles. The van der Waals surface area contributed by atoms with E-state index in [1.807, 2.05) is 0 Å². The predicted molar refractivity (Wildman–Crippen MR) is 87.7 cm³/mol. The molecule has 0 aliphatic carbocycles. The molecule has 6 nitrogen and oxygen atoms in total. The van der Waals surface area contributed by atoms with E-state index in [9.17, 15) is 14.7 Å². The topological polar surface area (TPSA) is 73.5 Å². The molecule has 0 unspecified atom stereocenters. The number of hydrogen-bond donors (Lipinski definition) is 1. The molecule has 7 heteroatoms. The molecule has 2 aromatic rings. The first-order chi connectivity index (χ1) is 10.6. The van der Waals surface area contributed by atoms with Gasteiger partial charge in [-0.2, -0.15) is 0 Å². The molecule has 22 heavy (non-hydrogen) atoms. The van der Waals surface area contributed by atoms with Crippen LogP contribution in [-0.2, 0) is 24.4 Å². The summed E-state index contributed by atoms with van der Waals surface area (Å²) in [6.07, 6.45) is 2.22. The quantitative estimate of drug-likeness (QED) is 0.778. The van der Waals surface area contributed by atoms with Crippen LogP contribution in [0.15, 0.2) is 22.2 Å². The molecule has 0 spiro atoms. The molecule has 0 aromatic carbocycles. The third-order valence-corrected chi connectivity index (χ3v) is 4.91. The van der Waals surface area contributed by atoms with Crippen molar-refractivity contribution in [2.45, 2.75) is 33.0 Å². The smallest absolute Gasteiger partial charge is 0.332 e. The Balaban J connectivity index is 2.80. The summed E-state index contributed by atoms with van der Waals surface area (Å²) in [5, 5.41) is 9.94. The summed E-state index contributed by atoms with van der Waals surface area (Å²) in [5.41, 5.74) is 0.0946. The zero-order valence-electron chi connectivity index (χ0n) is 12.8. The van der Waals surface area contributed by atoms with Gasteiger partial charge in [-0.1, -0.05) is 6.08 Å². The van der Waals surface area contributed by atoms with Gasteiger partial charge in [0, 0.05) is 18.5 Å². The number of aliphatic hydroxyl groups is 1. The van der Waals surface area contributed by atoms with Gasteiger partial charge in [0.15, 0.2) is 0 Å². The summed E-state index contributed by atoms with van der Waals surface area (Å²) in [5.74, 6) is 0. The van der Waals surface area contributed by atoms with Crippen molar-refractivity contribution in [3.05, 3.63) is 43.9 Å². The van der Waals surface area contributed by atoms with Gasteiger partial charge in [-0.05, 0) is 18.9 Å². The summed E-state index contributed by atoms with van der Waals surface area (Å²) in [7, 11) is 1.56. The fraction of sp³-hybridized carbons (Fsp3) is 0.467. The van der Waals surface area contributed by atoms with Crippen LogP contribution in [-0.4, -0.2) is 28.0 Å². The Hall–Kier alpha value is -1.70. The Labute approximate surface area is 131 Å². The average molecular weight is 324 g/mol. The van der Waals surface area contributed by atoms with E-state index in [-0.39, 0.29) is 17.9 Å². The molecule has 0 aliphatic heterocycles. The van der Waals surface area contributed by atoms with E-state index in [2.05, 4.69) is 6.58 Å². The normalized spacial score (nSPS) is 11.2. The highest BCUT2D eigenvalue weighted by Gasteiger charge is 2.19. The highest BCUT2D eigenvalue weighted by Crippen LogP contribution is 2.27. The lowest BCUT2D eigenvalue weighted by Gasteiger charge is -2.11. The van der Waals surface area contributed by atoms with Crippen LogP contribution in [0.4, 0.5) is 0 Å². The second-order valence-corrected chi connectivity index (χ2v) is 6.03. The SMILES string of the molecule is C=CCCn1c(=O)c2c(C)c(CO)sc2n(CCOC)c1=O. The maximum absolute atomic E-state index is 12.6. The Bertz CT molecular complexity index is 800. The van der Waals surface area contributed by atoms with Crippen LogP contribution in [0.25, 0.3) is 10.2 Å². The van der Waals surface area contributed by atoms with Crippen molar-refractivity contribution in [1.29, 1.82) is 0 Å². The number of allylic oxidation sites excluding steroid dienone is 1. The molecule has 1 N–H and O–H groups in total. The van der Waals surface area contributed by atoms with E-state index < -0.39 is 0 Å². The van der Waals surface area contributed by atoms with E-state index in [4.69, 9.17) is 4.74 Å². The van der Waals surface area contributed by atoms with Gasteiger partial charge < -0.3 is 9.84 Å².